The molecule has 0 bridgehead atoms. The van der Waals surface area contributed by atoms with Crippen LogP contribution < -0.4 is 0 Å². The van der Waals surface area contributed by atoms with Gasteiger partial charge >= 0.3 is 25.4 Å². The molecule has 0 heterocycles. The third-order valence-corrected chi connectivity index (χ3v) is 2.41. The van der Waals surface area contributed by atoms with E-state index in [1.165, 1.54) is 0 Å². The van der Waals surface area contributed by atoms with Gasteiger partial charge in [-0.25, -0.2) is 0 Å². The second kappa shape index (κ2) is 10.9. The first-order chi connectivity index (χ1) is 5.66. The van der Waals surface area contributed by atoms with E-state index in [9.17, 15) is 4.79 Å². The van der Waals surface area contributed by atoms with Crippen molar-refractivity contribution in [2.24, 2.45) is 0 Å². The fourth-order valence-corrected chi connectivity index (χ4v) is 1.78. The Morgan fingerprint density at radius 2 is 1.92 bits per heavy atom. The van der Waals surface area contributed by atoms with Crippen molar-refractivity contribution < 1.29 is 29.4 Å². The van der Waals surface area contributed by atoms with E-state index in [1.807, 2.05) is 0 Å². The second-order valence-corrected chi connectivity index (χ2v) is 3.98. The maximum atomic E-state index is 10.1. The van der Waals surface area contributed by atoms with Crippen LogP contribution in [0.25, 0.3) is 0 Å². The third kappa shape index (κ3) is 12.8. The summed E-state index contributed by atoms with van der Waals surface area (Å²) in [6, 6.07) is 0. The molecule has 0 fully saturated rings. The molecule has 1 N–H and O–H groups in total. The van der Waals surface area contributed by atoms with Gasteiger partial charge in [0.05, 0.1) is 0 Å². The summed E-state index contributed by atoms with van der Waals surface area (Å²) < 4.78 is 0. The number of rotatable bonds is 7. The zero-order valence-electron chi connectivity index (χ0n) is 7.78. The molecule has 0 amide bonds. The van der Waals surface area contributed by atoms with Crippen LogP contribution in [0.3, 0.4) is 0 Å². The van der Waals surface area contributed by atoms with Crippen molar-refractivity contribution in [1.29, 1.82) is 0 Å². The van der Waals surface area contributed by atoms with Gasteiger partial charge in [-0.3, -0.25) is 4.79 Å². The minimum Gasteiger partial charge on any atom is -0.481 e. The van der Waals surface area contributed by atoms with Crippen molar-refractivity contribution >= 4 is 31.2 Å². The Hall–Kier alpha value is 0.793. The molecule has 0 radical (unpaired) electrons. The molecule has 0 aliphatic heterocycles. The molecule has 0 saturated heterocycles. The molecule has 0 aromatic carbocycles. The normalized spacial score (nSPS) is 11.8. The Kier molecular flexibility index (Phi) is 13.6. The second-order valence-electron chi connectivity index (χ2n) is 2.81. The SMILES string of the molecule is O=C(O)CCCCC(S)CCS.[Zn+2]. The quantitative estimate of drug-likeness (QED) is 0.378. The topological polar surface area (TPSA) is 37.3 Å². The molecule has 0 rings (SSSR count). The van der Waals surface area contributed by atoms with Crippen molar-refractivity contribution in [3.63, 3.8) is 0 Å². The van der Waals surface area contributed by atoms with Crippen molar-refractivity contribution in [2.45, 2.75) is 37.4 Å². The predicted molar refractivity (Wildman–Crippen MR) is 57.3 cm³/mol. The maximum Gasteiger partial charge on any atom is 2.00 e. The average Bonchev–Trinajstić information content (AvgIpc) is 1.98. The van der Waals surface area contributed by atoms with Gasteiger partial charge in [0.15, 0.2) is 0 Å². The average molecular weight is 274 g/mol. The first-order valence-electron chi connectivity index (χ1n) is 4.17. The van der Waals surface area contributed by atoms with Crippen molar-refractivity contribution in [3.05, 3.63) is 0 Å². The van der Waals surface area contributed by atoms with E-state index < -0.39 is 5.97 Å². The van der Waals surface area contributed by atoms with E-state index in [-0.39, 0.29) is 25.9 Å². The molecular formula is C8H16O2S2Zn+2. The number of carboxylic acid groups (broad SMARTS) is 1. The molecule has 1 unspecified atom stereocenters. The van der Waals surface area contributed by atoms with E-state index in [1.54, 1.807) is 0 Å². The number of carbonyl (C=O) groups is 1. The summed E-state index contributed by atoms with van der Waals surface area (Å²) >= 11 is 8.43. The molecule has 0 aromatic rings. The summed E-state index contributed by atoms with van der Waals surface area (Å²) in [5.74, 6) is 0.146. The maximum absolute atomic E-state index is 10.1. The van der Waals surface area contributed by atoms with Crippen LogP contribution in [0.5, 0.6) is 0 Å². The monoisotopic (exact) mass is 272 g/mol. The summed E-state index contributed by atoms with van der Waals surface area (Å²) in [5, 5.41) is 8.74. The molecule has 0 aromatic heterocycles. The first kappa shape index (κ1) is 16.2. The van der Waals surface area contributed by atoms with Crippen molar-refractivity contribution in [1.82, 2.24) is 0 Å². The van der Waals surface area contributed by atoms with E-state index in [4.69, 9.17) is 5.11 Å². The molecule has 2 nitrogen and oxygen atoms in total. The first-order valence-corrected chi connectivity index (χ1v) is 5.32. The third-order valence-electron chi connectivity index (χ3n) is 1.64. The van der Waals surface area contributed by atoms with Gasteiger partial charge in [-0.2, -0.15) is 25.3 Å². The van der Waals surface area contributed by atoms with E-state index in [0.29, 0.717) is 5.25 Å². The van der Waals surface area contributed by atoms with Gasteiger partial charge in [-0.1, -0.05) is 6.42 Å². The Labute approximate surface area is 103 Å². The van der Waals surface area contributed by atoms with Crippen LogP contribution in [0, 0.1) is 0 Å². The summed E-state index contributed by atoms with van der Waals surface area (Å²) in [5.41, 5.74) is 0. The minimum absolute atomic E-state index is 0. The Morgan fingerprint density at radius 1 is 1.31 bits per heavy atom. The van der Waals surface area contributed by atoms with Crippen molar-refractivity contribution in [3.8, 4) is 0 Å². The van der Waals surface area contributed by atoms with E-state index >= 15 is 0 Å². The smallest absolute Gasteiger partial charge is 0.481 e. The Bertz CT molecular complexity index is 133. The van der Waals surface area contributed by atoms with Gasteiger partial charge in [0.1, 0.15) is 0 Å². The molecule has 0 aliphatic carbocycles. The number of hydrogen-bond donors (Lipinski definition) is 3. The van der Waals surface area contributed by atoms with Gasteiger partial charge in [-0.15, -0.1) is 0 Å². The van der Waals surface area contributed by atoms with Crippen LogP contribution in [0.2, 0.25) is 0 Å². The van der Waals surface area contributed by atoms with Gasteiger partial charge in [0, 0.05) is 11.7 Å². The number of thiol groups is 2. The molecule has 1 atom stereocenters. The molecule has 0 aliphatic rings. The van der Waals surface area contributed by atoms with Gasteiger partial charge in [0.25, 0.3) is 0 Å². The zero-order chi connectivity index (χ0) is 9.40. The van der Waals surface area contributed by atoms with Gasteiger partial charge in [-0.05, 0) is 25.0 Å². The number of carboxylic acids is 1. The summed E-state index contributed by atoms with van der Waals surface area (Å²) in [6.45, 7) is 0. The van der Waals surface area contributed by atoms with Crippen LogP contribution in [0.15, 0.2) is 0 Å². The molecule has 13 heavy (non-hydrogen) atoms. The molecule has 72 valence electrons. The summed E-state index contributed by atoms with van der Waals surface area (Å²) in [7, 11) is 0. The van der Waals surface area contributed by atoms with E-state index in [0.717, 1.165) is 31.4 Å². The molecule has 0 spiro atoms. The number of unbranched alkanes of at least 4 members (excludes halogenated alkanes) is 1. The Morgan fingerprint density at radius 3 is 2.38 bits per heavy atom. The molecule has 0 saturated carbocycles. The minimum atomic E-state index is -0.708. The summed E-state index contributed by atoms with van der Waals surface area (Å²) in [6.07, 6.45) is 3.99. The standard InChI is InChI=1S/C8H16O2S2.Zn/c9-8(10)4-2-1-3-7(12)5-6-11;/h7,11-12H,1-6H2,(H,9,10);/q;+2. The van der Waals surface area contributed by atoms with Crippen LogP contribution in [-0.4, -0.2) is 22.1 Å². The largest absolute Gasteiger partial charge is 2.00 e. The fourth-order valence-electron chi connectivity index (χ4n) is 0.950. The fraction of sp³-hybridized carbons (Fsp3) is 0.875. The van der Waals surface area contributed by atoms with Gasteiger partial charge < -0.3 is 5.11 Å². The molecular weight excluding hydrogens is 258 g/mol. The van der Waals surface area contributed by atoms with E-state index in [2.05, 4.69) is 25.3 Å². The van der Waals surface area contributed by atoms with Crippen molar-refractivity contribution in [2.75, 3.05) is 5.75 Å². The molecule has 5 heteroatoms. The zero-order valence-corrected chi connectivity index (χ0v) is 12.5. The summed E-state index contributed by atoms with van der Waals surface area (Å²) in [4.78, 5) is 10.1. The number of aliphatic carboxylic acids is 1. The van der Waals surface area contributed by atoms with Crippen LogP contribution >= 0.6 is 25.3 Å². The number of hydrogen-bond acceptors (Lipinski definition) is 3. The Balaban J connectivity index is 0. The van der Waals surface area contributed by atoms with Crippen LogP contribution in [0.1, 0.15) is 32.1 Å². The predicted octanol–water partition coefficient (Wildman–Crippen LogP) is 2.25. The van der Waals surface area contributed by atoms with Crippen LogP contribution in [0.4, 0.5) is 0 Å². The van der Waals surface area contributed by atoms with Gasteiger partial charge in [0.2, 0.25) is 0 Å². The van der Waals surface area contributed by atoms with Crippen LogP contribution in [-0.2, 0) is 24.3 Å².